The van der Waals surface area contributed by atoms with Crippen molar-refractivity contribution in [3.8, 4) is 11.5 Å². The lowest BCUT2D eigenvalue weighted by Gasteiger charge is -2.31. The molecular weight excluding hydrogens is 280 g/mol. The number of aliphatic hydroxyl groups excluding tert-OH is 2. The molecule has 0 spiro atoms. The Bertz CT molecular complexity index is 433. The highest BCUT2D eigenvalue weighted by atomic mass is 16.5. The van der Waals surface area contributed by atoms with Crippen LogP contribution in [0, 0.1) is 0 Å². The Balaban J connectivity index is 1.69. The van der Waals surface area contributed by atoms with Crippen molar-refractivity contribution in [3.63, 3.8) is 0 Å². The van der Waals surface area contributed by atoms with Crippen LogP contribution in [0.2, 0.25) is 0 Å². The molecule has 122 valence electrons. The molecule has 0 aliphatic heterocycles. The predicted molar refractivity (Wildman–Crippen MR) is 84.2 cm³/mol. The number of benzene rings is 1. The lowest BCUT2D eigenvalue weighted by molar-refractivity contribution is -0.00729. The molecular formula is C18H26O4. The highest BCUT2D eigenvalue weighted by Crippen LogP contribution is 2.33. The predicted octanol–water partition coefficient (Wildman–Crippen LogP) is 3.05. The molecule has 3 rings (SSSR count). The number of aliphatic hydroxyl groups is 2. The maximum absolute atomic E-state index is 10.1. The van der Waals surface area contributed by atoms with E-state index in [9.17, 15) is 10.2 Å². The Kier molecular flexibility index (Phi) is 5.21. The number of ether oxygens (including phenoxy) is 2. The quantitative estimate of drug-likeness (QED) is 0.897. The van der Waals surface area contributed by atoms with Crippen LogP contribution in [0.1, 0.15) is 51.4 Å². The van der Waals surface area contributed by atoms with Gasteiger partial charge in [0.15, 0.2) is 11.5 Å². The van der Waals surface area contributed by atoms with E-state index in [1.54, 1.807) is 0 Å². The molecule has 0 saturated heterocycles. The molecule has 0 radical (unpaired) electrons. The molecule has 2 fully saturated rings. The average molecular weight is 306 g/mol. The Hall–Kier alpha value is -1.26. The highest BCUT2D eigenvalue weighted by molar-refractivity contribution is 5.40. The summed E-state index contributed by atoms with van der Waals surface area (Å²) in [6.45, 7) is 0. The first-order chi connectivity index (χ1) is 10.7. The van der Waals surface area contributed by atoms with Crippen LogP contribution in [0.25, 0.3) is 0 Å². The molecule has 0 amide bonds. The number of hydrogen-bond donors (Lipinski definition) is 2. The summed E-state index contributed by atoms with van der Waals surface area (Å²) < 4.78 is 12.0. The smallest absolute Gasteiger partial charge is 0.161 e. The summed E-state index contributed by atoms with van der Waals surface area (Å²) in [5.74, 6) is 1.34. The zero-order chi connectivity index (χ0) is 15.4. The van der Waals surface area contributed by atoms with E-state index in [2.05, 4.69) is 0 Å². The second-order valence-corrected chi connectivity index (χ2v) is 6.46. The van der Waals surface area contributed by atoms with Crippen LogP contribution in [0.4, 0.5) is 0 Å². The second kappa shape index (κ2) is 7.34. The van der Waals surface area contributed by atoms with Crippen molar-refractivity contribution in [2.24, 2.45) is 0 Å². The maximum atomic E-state index is 10.1. The fraction of sp³-hybridized carbons (Fsp3) is 0.667. The summed E-state index contributed by atoms with van der Waals surface area (Å²) >= 11 is 0. The summed E-state index contributed by atoms with van der Waals surface area (Å²) in [7, 11) is 0. The molecule has 1 aromatic rings. The van der Waals surface area contributed by atoms with E-state index in [0.29, 0.717) is 11.5 Å². The number of rotatable bonds is 4. The lowest BCUT2D eigenvalue weighted by Crippen LogP contribution is -2.36. The van der Waals surface area contributed by atoms with Crippen LogP contribution in [-0.4, -0.2) is 34.6 Å². The van der Waals surface area contributed by atoms with Gasteiger partial charge in [-0.1, -0.05) is 25.0 Å². The first kappa shape index (κ1) is 15.6. The van der Waals surface area contributed by atoms with Gasteiger partial charge in [0.05, 0.1) is 12.2 Å². The molecule has 0 heterocycles. The minimum Gasteiger partial charge on any atom is -0.484 e. The van der Waals surface area contributed by atoms with E-state index in [4.69, 9.17) is 9.47 Å². The van der Waals surface area contributed by atoms with Gasteiger partial charge in [0, 0.05) is 0 Å². The van der Waals surface area contributed by atoms with E-state index in [1.165, 1.54) is 0 Å². The first-order valence-corrected chi connectivity index (χ1v) is 8.52. The van der Waals surface area contributed by atoms with Crippen molar-refractivity contribution in [1.82, 2.24) is 0 Å². The maximum Gasteiger partial charge on any atom is 0.161 e. The average Bonchev–Trinajstić information content (AvgIpc) is 2.53. The van der Waals surface area contributed by atoms with Crippen LogP contribution >= 0.6 is 0 Å². The van der Waals surface area contributed by atoms with Gasteiger partial charge in [-0.3, -0.25) is 0 Å². The van der Waals surface area contributed by atoms with Gasteiger partial charge in [-0.15, -0.1) is 0 Å². The molecule has 1 aromatic carbocycles. The van der Waals surface area contributed by atoms with Crippen molar-refractivity contribution < 1.29 is 19.7 Å². The van der Waals surface area contributed by atoms with Gasteiger partial charge >= 0.3 is 0 Å². The minimum absolute atomic E-state index is 0.158. The summed E-state index contributed by atoms with van der Waals surface area (Å²) in [5, 5.41) is 20.2. The van der Waals surface area contributed by atoms with Crippen molar-refractivity contribution in [3.05, 3.63) is 24.3 Å². The van der Waals surface area contributed by atoms with Gasteiger partial charge < -0.3 is 19.7 Å². The molecule has 22 heavy (non-hydrogen) atoms. The summed E-state index contributed by atoms with van der Waals surface area (Å²) in [6.07, 6.45) is 6.54. The van der Waals surface area contributed by atoms with Crippen LogP contribution in [-0.2, 0) is 0 Å². The van der Waals surface area contributed by atoms with Gasteiger partial charge in [-0.05, 0) is 50.7 Å². The fourth-order valence-electron chi connectivity index (χ4n) is 3.40. The van der Waals surface area contributed by atoms with Crippen LogP contribution in [0.15, 0.2) is 24.3 Å². The third kappa shape index (κ3) is 3.73. The SMILES string of the molecule is O[C@@H]1CCCC[C@H]1Oc1ccccc1O[C@H]1CCCC[C@@H]1O. The highest BCUT2D eigenvalue weighted by Gasteiger charge is 2.28. The van der Waals surface area contributed by atoms with Gasteiger partial charge in [-0.2, -0.15) is 0 Å². The van der Waals surface area contributed by atoms with E-state index in [1.807, 2.05) is 24.3 Å². The van der Waals surface area contributed by atoms with Crippen molar-refractivity contribution >= 4 is 0 Å². The van der Waals surface area contributed by atoms with Crippen molar-refractivity contribution in [1.29, 1.82) is 0 Å². The van der Waals surface area contributed by atoms with Crippen molar-refractivity contribution in [2.45, 2.75) is 75.8 Å². The molecule has 4 heteroatoms. The van der Waals surface area contributed by atoms with Gasteiger partial charge in [0.1, 0.15) is 12.2 Å². The Morgan fingerprint density at radius 2 is 1.09 bits per heavy atom. The minimum atomic E-state index is -0.401. The van der Waals surface area contributed by atoms with Gasteiger partial charge in [0.2, 0.25) is 0 Å². The monoisotopic (exact) mass is 306 g/mol. The molecule has 0 bridgehead atoms. The summed E-state index contributed by atoms with van der Waals surface area (Å²) in [4.78, 5) is 0. The molecule has 4 atom stereocenters. The zero-order valence-corrected chi connectivity index (χ0v) is 13.0. The molecule has 0 aromatic heterocycles. The first-order valence-electron chi connectivity index (χ1n) is 8.52. The molecule has 4 nitrogen and oxygen atoms in total. The standard InChI is InChI=1S/C18H26O4/c19-13-7-1-3-9-15(13)21-17-11-5-6-12-18(17)22-16-10-4-2-8-14(16)20/h5-6,11-16,19-20H,1-4,7-10H2/t13-,14+,15-,16+. The second-order valence-electron chi connectivity index (χ2n) is 6.46. The van der Waals surface area contributed by atoms with Gasteiger partial charge in [0.25, 0.3) is 0 Å². The Morgan fingerprint density at radius 1 is 0.682 bits per heavy atom. The third-order valence-corrected chi connectivity index (χ3v) is 4.74. The summed E-state index contributed by atoms with van der Waals surface area (Å²) in [5.41, 5.74) is 0. The Morgan fingerprint density at radius 3 is 1.50 bits per heavy atom. The van der Waals surface area contributed by atoms with Crippen LogP contribution in [0.3, 0.4) is 0 Å². The lowest BCUT2D eigenvalue weighted by atomic mass is 9.94. The van der Waals surface area contributed by atoms with Crippen molar-refractivity contribution in [2.75, 3.05) is 0 Å². The largest absolute Gasteiger partial charge is 0.484 e. The fourth-order valence-corrected chi connectivity index (χ4v) is 3.40. The third-order valence-electron chi connectivity index (χ3n) is 4.74. The molecule has 2 saturated carbocycles. The van der Waals surface area contributed by atoms with Crippen LogP contribution < -0.4 is 9.47 Å². The molecule has 2 aliphatic rings. The van der Waals surface area contributed by atoms with E-state index in [0.717, 1.165) is 51.4 Å². The Labute approximate surface area is 132 Å². The number of hydrogen-bond acceptors (Lipinski definition) is 4. The molecule has 2 N–H and O–H groups in total. The number of para-hydroxylation sites is 2. The van der Waals surface area contributed by atoms with Crippen LogP contribution in [0.5, 0.6) is 11.5 Å². The normalized spacial score (nSPS) is 32.5. The van der Waals surface area contributed by atoms with Gasteiger partial charge in [-0.25, -0.2) is 0 Å². The summed E-state index contributed by atoms with van der Waals surface area (Å²) in [6, 6.07) is 7.58. The molecule has 0 unspecified atom stereocenters. The topological polar surface area (TPSA) is 58.9 Å². The van der Waals surface area contributed by atoms with E-state index >= 15 is 0 Å². The van der Waals surface area contributed by atoms with E-state index < -0.39 is 12.2 Å². The molecule has 2 aliphatic carbocycles. The van der Waals surface area contributed by atoms with E-state index in [-0.39, 0.29) is 12.2 Å². The zero-order valence-electron chi connectivity index (χ0n) is 13.0.